The van der Waals surface area contributed by atoms with Crippen LogP contribution in [0, 0.1) is 0 Å². The first-order valence-electron chi connectivity index (χ1n) is 8.72. The fourth-order valence-corrected chi connectivity index (χ4v) is 3.76. The number of carbonyl (C=O) groups is 3. The smallest absolute Gasteiger partial charge is 0.349 e. The van der Waals surface area contributed by atoms with Crippen LogP contribution in [0.3, 0.4) is 0 Å². The second-order valence-corrected chi connectivity index (χ2v) is 7.39. The van der Waals surface area contributed by atoms with E-state index in [9.17, 15) is 14.4 Å². The van der Waals surface area contributed by atoms with Crippen LogP contribution in [0.2, 0.25) is 0 Å². The Kier molecular flexibility index (Phi) is 5.83. The number of rotatable bonds is 5. The zero-order valence-electron chi connectivity index (χ0n) is 14.6. The van der Waals surface area contributed by atoms with Gasteiger partial charge in [-0.2, -0.15) is 0 Å². The Labute approximate surface area is 156 Å². The zero-order chi connectivity index (χ0) is 18.5. The Morgan fingerprint density at radius 2 is 1.62 bits per heavy atom. The third kappa shape index (κ3) is 4.19. The average molecular weight is 371 g/mol. The van der Waals surface area contributed by atoms with Gasteiger partial charge in [-0.25, -0.2) is 4.79 Å². The van der Waals surface area contributed by atoms with Gasteiger partial charge in [0.2, 0.25) is 6.10 Å². The van der Waals surface area contributed by atoms with E-state index >= 15 is 0 Å². The summed E-state index contributed by atoms with van der Waals surface area (Å²) in [6.07, 6.45) is 2.08. The van der Waals surface area contributed by atoms with E-state index in [1.807, 2.05) is 18.2 Å². The first-order chi connectivity index (χ1) is 12.6. The molecular weight excluding hydrogens is 350 g/mol. The number of nitrogens with zero attached hydrogens (tertiary/aromatic N) is 1. The van der Waals surface area contributed by atoms with Gasteiger partial charge in [0.25, 0.3) is 5.91 Å². The molecular formula is C20H21NO4S. The molecule has 0 bridgehead atoms. The SMILES string of the molecule is CC(=O)c1ccc(C(=O)O[C@H](C(=O)N2CCCCC2)c2ccccc2)s1. The highest BCUT2D eigenvalue weighted by atomic mass is 32.1. The van der Waals surface area contributed by atoms with E-state index in [2.05, 4.69) is 0 Å². The number of hydrogen-bond acceptors (Lipinski definition) is 5. The van der Waals surface area contributed by atoms with Gasteiger partial charge in [-0.05, 0) is 38.3 Å². The van der Waals surface area contributed by atoms with Crippen molar-refractivity contribution in [2.45, 2.75) is 32.3 Å². The van der Waals surface area contributed by atoms with Gasteiger partial charge in [-0.1, -0.05) is 30.3 Å². The first kappa shape index (κ1) is 18.3. The summed E-state index contributed by atoms with van der Waals surface area (Å²) in [5, 5.41) is 0. The summed E-state index contributed by atoms with van der Waals surface area (Å²) in [4.78, 5) is 39.6. The maximum absolute atomic E-state index is 13.0. The molecule has 1 aliphatic rings. The molecule has 1 atom stereocenters. The van der Waals surface area contributed by atoms with Gasteiger partial charge in [0.05, 0.1) is 4.88 Å². The van der Waals surface area contributed by atoms with Crippen LogP contribution >= 0.6 is 11.3 Å². The Morgan fingerprint density at radius 3 is 2.23 bits per heavy atom. The van der Waals surface area contributed by atoms with Crippen molar-refractivity contribution < 1.29 is 19.1 Å². The number of esters is 1. The lowest BCUT2D eigenvalue weighted by atomic mass is 10.1. The van der Waals surface area contributed by atoms with Crippen LogP contribution in [0.25, 0.3) is 0 Å². The molecule has 0 N–H and O–H groups in total. The lowest BCUT2D eigenvalue weighted by molar-refractivity contribution is -0.142. The van der Waals surface area contributed by atoms with Crippen molar-refractivity contribution in [1.29, 1.82) is 0 Å². The molecule has 3 rings (SSSR count). The fraction of sp³-hybridized carbons (Fsp3) is 0.350. The van der Waals surface area contributed by atoms with Crippen molar-refractivity contribution in [1.82, 2.24) is 4.90 Å². The number of benzene rings is 1. The fourth-order valence-electron chi connectivity index (χ4n) is 2.97. The van der Waals surface area contributed by atoms with Crippen LogP contribution in [-0.4, -0.2) is 35.6 Å². The van der Waals surface area contributed by atoms with Gasteiger partial charge in [0, 0.05) is 18.7 Å². The second kappa shape index (κ2) is 8.27. The molecule has 1 saturated heterocycles. The molecule has 1 aromatic heterocycles. The van der Waals surface area contributed by atoms with Gasteiger partial charge in [0.1, 0.15) is 4.88 Å². The predicted molar refractivity (Wildman–Crippen MR) is 99.4 cm³/mol. The summed E-state index contributed by atoms with van der Waals surface area (Å²) >= 11 is 1.08. The highest BCUT2D eigenvalue weighted by molar-refractivity contribution is 7.15. The predicted octanol–water partition coefficient (Wildman–Crippen LogP) is 3.86. The minimum absolute atomic E-state index is 0.0990. The number of ketones is 1. The number of carbonyl (C=O) groups excluding carboxylic acids is 3. The first-order valence-corrected chi connectivity index (χ1v) is 9.53. The third-order valence-corrected chi connectivity index (χ3v) is 5.54. The van der Waals surface area contributed by atoms with E-state index < -0.39 is 12.1 Å². The normalized spacial score (nSPS) is 15.3. The van der Waals surface area contributed by atoms with Crippen LogP contribution in [-0.2, 0) is 9.53 Å². The molecule has 0 saturated carbocycles. The quantitative estimate of drug-likeness (QED) is 0.591. The van der Waals surface area contributed by atoms with Gasteiger partial charge < -0.3 is 9.64 Å². The molecule has 2 aromatic rings. The van der Waals surface area contributed by atoms with Gasteiger partial charge >= 0.3 is 5.97 Å². The van der Waals surface area contributed by atoms with Crippen LogP contribution in [0.4, 0.5) is 0 Å². The number of thiophene rings is 1. The van der Waals surface area contributed by atoms with E-state index in [4.69, 9.17) is 4.74 Å². The van der Waals surface area contributed by atoms with Crippen molar-refractivity contribution >= 4 is 29.0 Å². The lowest BCUT2D eigenvalue weighted by Crippen LogP contribution is -2.40. The zero-order valence-corrected chi connectivity index (χ0v) is 15.5. The molecule has 1 aromatic carbocycles. The lowest BCUT2D eigenvalue weighted by Gasteiger charge is -2.30. The maximum Gasteiger partial charge on any atom is 0.349 e. The molecule has 0 radical (unpaired) electrons. The Morgan fingerprint density at radius 1 is 0.962 bits per heavy atom. The van der Waals surface area contributed by atoms with Crippen LogP contribution < -0.4 is 0 Å². The van der Waals surface area contributed by atoms with E-state index in [0.717, 1.165) is 30.6 Å². The molecule has 1 fully saturated rings. The van der Waals surface area contributed by atoms with Crippen molar-refractivity contribution in [3.8, 4) is 0 Å². The molecule has 136 valence electrons. The van der Waals surface area contributed by atoms with Gasteiger partial charge in [-0.15, -0.1) is 11.3 Å². The van der Waals surface area contributed by atoms with Crippen LogP contribution in [0.5, 0.6) is 0 Å². The van der Waals surface area contributed by atoms with Crippen LogP contribution in [0.1, 0.15) is 57.2 Å². The molecule has 2 heterocycles. The summed E-state index contributed by atoms with van der Waals surface area (Å²) in [7, 11) is 0. The van der Waals surface area contributed by atoms with Crippen molar-refractivity contribution in [2.24, 2.45) is 0 Å². The standard InChI is InChI=1S/C20H21NO4S/c1-14(22)16-10-11-17(26-16)20(24)25-18(15-8-4-2-5-9-15)19(23)21-12-6-3-7-13-21/h2,4-5,8-11,18H,3,6-7,12-13H2,1H3/t18-/m0/s1. The summed E-state index contributed by atoms with van der Waals surface area (Å²) in [6, 6.07) is 12.2. The molecule has 0 unspecified atom stereocenters. The Bertz CT molecular complexity index is 793. The Hall–Kier alpha value is -2.47. The number of hydrogen-bond donors (Lipinski definition) is 0. The van der Waals surface area contributed by atoms with Gasteiger partial charge in [-0.3, -0.25) is 9.59 Å². The molecule has 26 heavy (non-hydrogen) atoms. The molecule has 1 amide bonds. The van der Waals surface area contributed by atoms with Crippen molar-refractivity contribution in [3.63, 3.8) is 0 Å². The summed E-state index contributed by atoms with van der Waals surface area (Å²) in [6.45, 7) is 2.83. The third-order valence-electron chi connectivity index (χ3n) is 4.37. The van der Waals surface area contributed by atoms with E-state index in [1.54, 1.807) is 29.2 Å². The number of Topliss-reactive ketones (excluding diaryl/α,β-unsaturated/α-hetero) is 1. The number of ether oxygens (including phenoxy) is 1. The largest absolute Gasteiger partial charge is 0.443 e. The highest BCUT2D eigenvalue weighted by Gasteiger charge is 2.31. The van der Waals surface area contributed by atoms with Crippen molar-refractivity contribution in [3.05, 3.63) is 57.8 Å². The van der Waals surface area contributed by atoms with Crippen LogP contribution in [0.15, 0.2) is 42.5 Å². The molecule has 0 spiro atoms. The van der Waals surface area contributed by atoms with E-state index in [-0.39, 0.29) is 11.7 Å². The topological polar surface area (TPSA) is 63.7 Å². The number of piperidine rings is 1. The van der Waals surface area contributed by atoms with E-state index in [0.29, 0.717) is 28.4 Å². The minimum atomic E-state index is -0.968. The second-order valence-electron chi connectivity index (χ2n) is 6.30. The minimum Gasteiger partial charge on any atom is -0.443 e. The van der Waals surface area contributed by atoms with Gasteiger partial charge in [0.15, 0.2) is 5.78 Å². The monoisotopic (exact) mass is 371 g/mol. The molecule has 1 aliphatic heterocycles. The summed E-state index contributed by atoms with van der Waals surface area (Å²) in [5.41, 5.74) is 0.653. The number of amides is 1. The maximum atomic E-state index is 13.0. The molecule has 0 aliphatic carbocycles. The summed E-state index contributed by atoms with van der Waals surface area (Å²) in [5.74, 6) is -0.868. The highest BCUT2D eigenvalue weighted by Crippen LogP contribution is 2.26. The van der Waals surface area contributed by atoms with Crippen molar-refractivity contribution in [2.75, 3.05) is 13.1 Å². The summed E-state index contributed by atoms with van der Waals surface area (Å²) < 4.78 is 5.60. The average Bonchev–Trinajstić information content (AvgIpc) is 3.17. The van der Waals surface area contributed by atoms with E-state index in [1.165, 1.54) is 6.92 Å². The Balaban J connectivity index is 1.82. The number of likely N-dealkylation sites (tertiary alicyclic amines) is 1. The molecule has 6 heteroatoms. The molecule has 5 nitrogen and oxygen atoms in total.